The van der Waals surface area contributed by atoms with Gasteiger partial charge in [-0.25, -0.2) is 0 Å². The molecular formula is C15H32IN5OS. The molecule has 0 aromatic heterocycles. The predicted octanol–water partition coefficient (Wildman–Crippen LogP) is 1.12. The van der Waals surface area contributed by atoms with Gasteiger partial charge in [0.1, 0.15) is 0 Å². The number of likely N-dealkylation sites (N-methyl/N-ethyl adjacent to an activating group) is 1. The quantitative estimate of drug-likeness (QED) is 0.317. The standard InChI is InChI=1S/C15H31N5OS.HI/c1-15(2,22-5)11-18-14(17-4)19-12-6-8-20(9-7-12)10-13(21)16-3;/h12H,6-11H2,1-5H3,(H,16,21)(H2,17,18,19);1H. The van der Waals surface area contributed by atoms with Crippen LogP contribution < -0.4 is 16.0 Å². The van der Waals surface area contributed by atoms with Crippen molar-refractivity contribution >= 4 is 47.6 Å². The number of aliphatic imine (C=N–C) groups is 1. The lowest BCUT2D eigenvalue weighted by molar-refractivity contribution is -0.122. The molecule has 1 aliphatic heterocycles. The number of likely N-dealkylation sites (tertiary alicyclic amines) is 1. The van der Waals surface area contributed by atoms with Gasteiger partial charge in [0, 0.05) is 44.5 Å². The molecule has 1 amide bonds. The Kier molecular flexibility index (Phi) is 11.2. The van der Waals surface area contributed by atoms with E-state index >= 15 is 0 Å². The smallest absolute Gasteiger partial charge is 0.233 e. The first-order valence-electron chi connectivity index (χ1n) is 7.85. The molecule has 0 unspecified atom stereocenters. The number of guanidine groups is 1. The Bertz CT molecular complexity index is 384. The number of piperidine rings is 1. The third-order valence-electron chi connectivity index (χ3n) is 4.03. The highest BCUT2D eigenvalue weighted by atomic mass is 127. The minimum atomic E-state index is 0. The van der Waals surface area contributed by atoms with Crippen LogP contribution in [-0.4, -0.2) is 74.1 Å². The topological polar surface area (TPSA) is 68.8 Å². The Morgan fingerprint density at radius 3 is 2.43 bits per heavy atom. The van der Waals surface area contributed by atoms with E-state index in [1.807, 2.05) is 18.8 Å². The Balaban J connectivity index is 0.00000484. The summed E-state index contributed by atoms with van der Waals surface area (Å²) in [6.07, 6.45) is 4.19. The van der Waals surface area contributed by atoms with E-state index < -0.39 is 0 Å². The van der Waals surface area contributed by atoms with E-state index in [9.17, 15) is 4.79 Å². The van der Waals surface area contributed by atoms with Gasteiger partial charge in [0.05, 0.1) is 6.54 Å². The number of hydrogen-bond acceptors (Lipinski definition) is 4. The Labute approximate surface area is 162 Å². The van der Waals surface area contributed by atoms with E-state index in [1.54, 1.807) is 7.05 Å². The van der Waals surface area contributed by atoms with Crippen LogP contribution >= 0.6 is 35.7 Å². The second kappa shape index (κ2) is 11.4. The molecule has 0 aliphatic carbocycles. The number of halogens is 1. The van der Waals surface area contributed by atoms with Crippen molar-refractivity contribution in [1.29, 1.82) is 0 Å². The fraction of sp³-hybridized carbons (Fsp3) is 0.867. The highest BCUT2D eigenvalue weighted by Gasteiger charge is 2.22. The molecule has 1 rings (SSSR count). The summed E-state index contributed by atoms with van der Waals surface area (Å²) in [5, 5.41) is 9.57. The average Bonchev–Trinajstić information content (AvgIpc) is 2.52. The van der Waals surface area contributed by atoms with Crippen LogP contribution in [0.1, 0.15) is 26.7 Å². The molecule has 0 aromatic rings. The van der Waals surface area contributed by atoms with E-state index in [0.29, 0.717) is 12.6 Å². The average molecular weight is 457 g/mol. The molecule has 0 radical (unpaired) electrons. The van der Waals surface area contributed by atoms with E-state index in [4.69, 9.17) is 0 Å². The fourth-order valence-corrected chi connectivity index (χ4v) is 2.49. The Morgan fingerprint density at radius 1 is 1.35 bits per heavy atom. The Morgan fingerprint density at radius 2 is 1.96 bits per heavy atom. The molecule has 6 nitrogen and oxygen atoms in total. The third-order valence-corrected chi connectivity index (χ3v) is 5.28. The number of hydrogen-bond donors (Lipinski definition) is 3. The molecule has 23 heavy (non-hydrogen) atoms. The predicted molar refractivity (Wildman–Crippen MR) is 111 cm³/mol. The van der Waals surface area contributed by atoms with Crippen molar-refractivity contribution in [1.82, 2.24) is 20.9 Å². The maximum Gasteiger partial charge on any atom is 0.233 e. The lowest BCUT2D eigenvalue weighted by Gasteiger charge is -2.33. The van der Waals surface area contributed by atoms with Gasteiger partial charge in [0.15, 0.2) is 5.96 Å². The van der Waals surface area contributed by atoms with Crippen molar-refractivity contribution in [3.63, 3.8) is 0 Å². The van der Waals surface area contributed by atoms with Crippen molar-refractivity contribution in [2.24, 2.45) is 4.99 Å². The van der Waals surface area contributed by atoms with Crippen LogP contribution in [0.2, 0.25) is 0 Å². The molecule has 1 fully saturated rings. The first-order chi connectivity index (χ1) is 10.4. The van der Waals surface area contributed by atoms with Gasteiger partial charge in [-0.15, -0.1) is 24.0 Å². The van der Waals surface area contributed by atoms with Crippen LogP contribution in [0.15, 0.2) is 4.99 Å². The molecule has 3 N–H and O–H groups in total. The summed E-state index contributed by atoms with van der Waals surface area (Å²) in [6.45, 7) is 7.70. The Hall–Kier alpha value is -0.220. The van der Waals surface area contributed by atoms with Gasteiger partial charge in [0.25, 0.3) is 0 Å². The van der Waals surface area contributed by atoms with Crippen LogP contribution in [0.5, 0.6) is 0 Å². The second-order valence-electron chi connectivity index (χ2n) is 6.26. The maximum absolute atomic E-state index is 11.4. The lowest BCUT2D eigenvalue weighted by Crippen LogP contribution is -2.51. The number of carbonyl (C=O) groups excluding carboxylic acids is 1. The number of amides is 1. The van der Waals surface area contributed by atoms with Crippen LogP contribution in [0.4, 0.5) is 0 Å². The van der Waals surface area contributed by atoms with Crippen molar-refractivity contribution in [3.05, 3.63) is 0 Å². The zero-order valence-corrected chi connectivity index (χ0v) is 18.1. The molecule has 1 aliphatic rings. The zero-order chi connectivity index (χ0) is 16.6. The monoisotopic (exact) mass is 457 g/mol. The summed E-state index contributed by atoms with van der Waals surface area (Å²) < 4.78 is 0.189. The molecule has 0 atom stereocenters. The SMILES string of the molecule is CN=C(NCC(C)(C)SC)NC1CCN(CC(=O)NC)CC1.I. The second-order valence-corrected chi connectivity index (χ2v) is 7.77. The summed E-state index contributed by atoms with van der Waals surface area (Å²) in [4.78, 5) is 17.9. The molecule has 0 spiro atoms. The fourth-order valence-electron chi connectivity index (χ4n) is 2.27. The number of rotatable bonds is 6. The van der Waals surface area contributed by atoms with Crippen LogP contribution in [0, 0.1) is 0 Å². The molecule has 0 saturated carbocycles. The third kappa shape index (κ3) is 8.99. The van der Waals surface area contributed by atoms with Gasteiger partial charge in [-0.2, -0.15) is 11.8 Å². The van der Waals surface area contributed by atoms with E-state index in [0.717, 1.165) is 38.4 Å². The number of carbonyl (C=O) groups is 1. The van der Waals surface area contributed by atoms with E-state index in [2.05, 4.69) is 45.9 Å². The number of nitrogens with one attached hydrogen (secondary N) is 3. The van der Waals surface area contributed by atoms with Gasteiger partial charge in [0.2, 0.25) is 5.91 Å². The minimum Gasteiger partial charge on any atom is -0.358 e. The minimum absolute atomic E-state index is 0. The summed E-state index contributed by atoms with van der Waals surface area (Å²) in [5.41, 5.74) is 0. The van der Waals surface area contributed by atoms with E-state index in [-0.39, 0.29) is 34.6 Å². The highest BCUT2D eigenvalue weighted by molar-refractivity contribution is 14.0. The van der Waals surface area contributed by atoms with Crippen LogP contribution in [0.3, 0.4) is 0 Å². The van der Waals surface area contributed by atoms with Gasteiger partial charge < -0.3 is 16.0 Å². The molecule has 1 saturated heterocycles. The summed E-state index contributed by atoms with van der Waals surface area (Å²) in [6, 6.07) is 0.421. The van der Waals surface area contributed by atoms with Gasteiger partial charge in [-0.1, -0.05) is 0 Å². The molecule has 8 heteroatoms. The molecule has 0 bridgehead atoms. The first-order valence-corrected chi connectivity index (χ1v) is 9.08. The number of thioether (sulfide) groups is 1. The summed E-state index contributed by atoms with van der Waals surface area (Å²) in [7, 11) is 3.49. The molecule has 136 valence electrons. The summed E-state index contributed by atoms with van der Waals surface area (Å²) in [5.74, 6) is 0.954. The van der Waals surface area contributed by atoms with Gasteiger partial charge in [-0.05, 0) is 32.9 Å². The van der Waals surface area contributed by atoms with Crippen molar-refractivity contribution < 1.29 is 4.79 Å². The summed E-state index contributed by atoms with van der Waals surface area (Å²) >= 11 is 1.84. The molecule has 0 aromatic carbocycles. The molecule has 1 heterocycles. The van der Waals surface area contributed by atoms with Gasteiger partial charge in [-0.3, -0.25) is 14.7 Å². The first kappa shape index (κ1) is 22.8. The van der Waals surface area contributed by atoms with Gasteiger partial charge >= 0.3 is 0 Å². The highest BCUT2D eigenvalue weighted by Crippen LogP contribution is 2.19. The maximum atomic E-state index is 11.4. The molecular weight excluding hydrogens is 425 g/mol. The van der Waals surface area contributed by atoms with Crippen molar-refractivity contribution in [2.75, 3.05) is 46.5 Å². The largest absolute Gasteiger partial charge is 0.358 e. The normalized spacial score (nSPS) is 17.3. The number of nitrogens with zero attached hydrogens (tertiary/aromatic N) is 2. The lowest BCUT2D eigenvalue weighted by atomic mass is 10.1. The zero-order valence-electron chi connectivity index (χ0n) is 14.9. The van der Waals surface area contributed by atoms with Crippen LogP contribution in [0.25, 0.3) is 0 Å². The van der Waals surface area contributed by atoms with Crippen LogP contribution in [-0.2, 0) is 4.79 Å². The van der Waals surface area contributed by atoms with Crippen molar-refractivity contribution in [2.45, 2.75) is 37.5 Å². The van der Waals surface area contributed by atoms with Crippen molar-refractivity contribution in [3.8, 4) is 0 Å². The van der Waals surface area contributed by atoms with E-state index in [1.165, 1.54) is 0 Å².